The van der Waals surface area contributed by atoms with E-state index < -0.39 is 12.6 Å². The van der Waals surface area contributed by atoms with Gasteiger partial charge in [-0.25, -0.2) is 9.78 Å². The Morgan fingerprint density at radius 1 is 1.33 bits per heavy atom. The fraction of sp³-hybridized carbons (Fsp3) is 0.167. The van der Waals surface area contributed by atoms with E-state index in [-0.39, 0.29) is 17.2 Å². The number of halogens is 2. The third kappa shape index (κ3) is 4.28. The Kier molecular flexibility index (Phi) is 4.88. The SMILES string of the molecule is COc1ccc(NC(=O)Nc2nccs2)cc1OC(F)F. The molecule has 0 radical (unpaired) electrons. The first-order chi connectivity index (χ1) is 10.1. The number of carbonyl (C=O) groups is 1. The molecule has 0 saturated carbocycles. The molecular formula is C12H11F2N3O3S. The highest BCUT2D eigenvalue weighted by atomic mass is 32.1. The quantitative estimate of drug-likeness (QED) is 0.887. The van der Waals surface area contributed by atoms with Crippen molar-refractivity contribution in [2.75, 3.05) is 17.7 Å². The first-order valence-corrected chi connectivity index (χ1v) is 6.57. The molecule has 0 aliphatic carbocycles. The van der Waals surface area contributed by atoms with Crippen LogP contribution in [0.1, 0.15) is 0 Å². The summed E-state index contributed by atoms with van der Waals surface area (Å²) in [5, 5.41) is 7.10. The number of ether oxygens (including phenoxy) is 2. The highest BCUT2D eigenvalue weighted by Crippen LogP contribution is 2.31. The minimum Gasteiger partial charge on any atom is -0.493 e. The lowest BCUT2D eigenvalue weighted by Crippen LogP contribution is -2.19. The molecule has 112 valence electrons. The molecule has 1 heterocycles. The van der Waals surface area contributed by atoms with E-state index in [2.05, 4.69) is 20.4 Å². The summed E-state index contributed by atoms with van der Waals surface area (Å²) in [6.45, 7) is -2.99. The second kappa shape index (κ2) is 6.84. The van der Waals surface area contributed by atoms with Crippen molar-refractivity contribution < 1.29 is 23.0 Å². The van der Waals surface area contributed by atoms with Crippen LogP contribution in [-0.2, 0) is 0 Å². The molecule has 0 spiro atoms. The average Bonchev–Trinajstić information content (AvgIpc) is 2.91. The molecule has 0 fully saturated rings. The van der Waals surface area contributed by atoms with E-state index in [1.54, 1.807) is 11.6 Å². The summed E-state index contributed by atoms with van der Waals surface area (Å²) in [6.07, 6.45) is 1.54. The van der Waals surface area contributed by atoms with Gasteiger partial charge in [0.15, 0.2) is 16.6 Å². The van der Waals surface area contributed by atoms with E-state index in [0.717, 1.165) is 0 Å². The second-order valence-corrected chi connectivity index (χ2v) is 4.56. The van der Waals surface area contributed by atoms with Crippen molar-refractivity contribution in [1.29, 1.82) is 0 Å². The van der Waals surface area contributed by atoms with Gasteiger partial charge in [0.2, 0.25) is 0 Å². The number of methoxy groups -OCH3 is 1. The molecule has 21 heavy (non-hydrogen) atoms. The second-order valence-electron chi connectivity index (χ2n) is 3.66. The Morgan fingerprint density at radius 3 is 2.76 bits per heavy atom. The van der Waals surface area contributed by atoms with Crippen LogP contribution >= 0.6 is 11.3 Å². The van der Waals surface area contributed by atoms with Gasteiger partial charge in [0.05, 0.1) is 7.11 Å². The molecule has 0 aliphatic heterocycles. The monoisotopic (exact) mass is 315 g/mol. The lowest BCUT2D eigenvalue weighted by molar-refractivity contribution is -0.0511. The zero-order valence-corrected chi connectivity index (χ0v) is 11.6. The molecule has 2 amide bonds. The molecule has 0 bridgehead atoms. The van der Waals surface area contributed by atoms with Crippen LogP contribution in [0, 0.1) is 0 Å². The van der Waals surface area contributed by atoms with E-state index in [9.17, 15) is 13.6 Å². The number of benzene rings is 1. The van der Waals surface area contributed by atoms with Crippen molar-refractivity contribution in [2.45, 2.75) is 6.61 Å². The van der Waals surface area contributed by atoms with E-state index in [1.165, 1.54) is 36.6 Å². The van der Waals surface area contributed by atoms with Crippen LogP contribution in [0.15, 0.2) is 29.8 Å². The zero-order chi connectivity index (χ0) is 15.2. The Morgan fingerprint density at radius 2 is 2.14 bits per heavy atom. The molecule has 0 aliphatic rings. The summed E-state index contributed by atoms with van der Waals surface area (Å²) in [5.41, 5.74) is 0.278. The van der Waals surface area contributed by atoms with Crippen LogP contribution in [0.4, 0.5) is 24.4 Å². The lowest BCUT2D eigenvalue weighted by Gasteiger charge is -2.12. The van der Waals surface area contributed by atoms with E-state index in [4.69, 9.17) is 4.74 Å². The molecule has 2 N–H and O–H groups in total. The van der Waals surface area contributed by atoms with Gasteiger partial charge in [0, 0.05) is 23.3 Å². The first kappa shape index (κ1) is 15.0. The Hall–Kier alpha value is -2.42. The van der Waals surface area contributed by atoms with E-state index >= 15 is 0 Å². The van der Waals surface area contributed by atoms with Crippen molar-refractivity contribution >= 4 is 28.2 Å². The number of nitrogens with one attached hydrogen (secondary N) is 2. The largest absolute Gasteiger partial charge is 0.493 e. The molecule has 6 nitrogen and oxygen atoms in total. The maximum absolute atomic E-state index is 12.3. The number of amides is 2. The Bertz CT molecular complexity index is 608. The summed E-state index contributed by atoms with van der Waals surface area (Å²) in [7, 11) is 1.33. The van der Waals surface area contributed by atoms with Gasteiger partial charge in [-0.05, 0) is 12.1 Å². The van der Waals surface area contributed by atoms with Gasteiger partial charge in [0.1, 0.15) is 0 Å². The fourth-order valence-corrected chi connectivity index (χ4v) is 2.01. The Balaban J connectivity index is 2.07. The third-order valence-electron chi connectivity index (χ3n) is 2.29. The minimum atomic E-state index is -2.99. The normalized spacial score (nSPS) is 10.3. The number of carbonyl (C=O) groups excluding carboxylic acids is 1. The molecule has 0 saturated heterocycles. The molecule has 1 aromatic heterocycles. The van der Waals surface area contributed by atoms with Gasteiger partial charge in [-0.1, -0.05) is 0 Å². The summed E-state index contributed by atoms with van der Waals surface area (Å²) < 4.78 is 33.8. The summed E-state index contributed by atoms with van der Waals surface area (Å²) in [4.78, 5) is 15.6. The summed E-state index contributed by atoms with van der Waals surface area (Å²) >= 11 is 1.25. The molecule has 0 unspecified atom stereocenters. The maximum Gasteiger partial charge on any atom is 0.387 e. The third-order valence-corrected chi connectivity index (χ3v) is 2.98. The van der Waals surface area contributed by atoms with E-state index in [0.29, 0.717) is 5.13 Å². The topological polar surface area (TPSA) is 72.5 Å². The van der Waals surface area contributed by atoms with Crippen molar-refractivity contribution in [3.8, 4) is 11.5 Å². The average molecular weight is 315 g/mol. The van der Waals surface area contributed by atoms with E-state index in [1.807, 2.05) is 0 Å². The number of hydrogen-bond acceptors (Lipinski definition) is 5. The van der Waals surface area contributed by atoms with Crippen LogP contribution < -0.4 is 20.1 Å². The Labute approximate surface area is 122 Å². The van der Waals surface area contributed by atoms with Crippen LogP contribution in [0.3, 0.4) is 0 Å². The number of hydrogen-bond donors (Lipinski definition) is 2. The standard InChI is InChI=1S/C12H11F2N3O3S/c1-19-8-3-2-7(6-9(8)20-10(13)14)16-11(18)17-12-15-4-5-21-12/h2-6,10H,1H3,(H2,15,16,17,18). The summed E-state index contributed by atoms with van der Waals surface area (Å²) in [5.74, 6) is -0.0271. The number of rotatable bonds is 5. The van der Waals surface area contributed by atoms with Crippen molar-refractivity contribution in [1.82, 2.24) is 4.98 Å². The van der Waals surface area contributed by atoms with Gasteiger partial charge in [-0.2, -0.15) is 8.78 Å². The van der Waals surface area contributed by atoms with Crippen molar-refractivity contribution in [3.05, 3.63) is 29.8 Å². The van der Waals surface area contributed by atoms with Crippen LogP contribution in [0.5, 0.6) is 11.5 Å². The molecule has 9 heteroatoms. The van der Waals surface area contributed by atoms with Crippen molar-refractivity contribution in [3.63, 3.8) is 0 Å². The molecular weight excluding hydrogens is 304 g/mol. The number of thiazole rings is 1. The number of nitrogens with zero attached hydrogens (tertiary/aromatic N) is 1. The van der Waals surface area contributed by atoms with Crippen molar-refractivity contribution in [2.24, 2.45) is 0 Å². The van der Waals surface area contributed by atoms with Gasteiger partial charge in [-0.3, -0.25) is 5.32 Å². The van der Waals surface area contributed by atoms with Crippen LogP contribution in [0.25, 0.3) is 0 Å². The molecule has 1 aromatic carbocycles. The zero-order valence-electron chi connectivity index (χ0n) is 10.8. The highest BCUT2D eigenvalue weighted by molar-refractivity contribution is 7.13. The number of urea groups is 1. The number of anilines is 2. The minimum absolute atomic E-state index is 0.140. The molecule has 2 aromatic rings. The summed E-state index contributed by atoms with van der Waals surface area (Å²) in [6, 6.07) is 3.61. The molecule has 0 atom stereocenters. The predicted octanol–water partition coefficient (Wildman–Crippen LogP) is 3.40. The van der Waals surface area contributed by atoms with Gasteiger partial charge in [0.25, 0.3) is 0 Å². The van der Waals surface area contributed by atoms with Gasteiger partial charge >= 0.3 is 12.6 Å². The smallest absolute Gasteiger partial charge is 0.387 e. The van der Waals surface area contributed by atoms with Gasteiger partial charge in [-0.15, -0.1) is 11.3 Å². The fourth-order valence-electron chi connectivity index (χ4n) is 1.49. The first-order valence-electron chi connectivity index (χ1n) is 5.69. The molecule has 2 rings (SSSR count). The van der Waals surface area contributed by atoms with Gasteiger partial charge < -0.3 is 14.8 Å². The predicted molar refractivity (Wildman–Crippen MR) is 74.4 cm³/mol. The van der Waals surface area contributed by atoms with Crippen LogP contribution in [-0.4, -0.2) is 24.7 Å². The number of aromatic nitrogens is 1. The van der Waals surface area contributed by atoms with Crippen LogP contribution in [0.2, 0.25) is 0 Å². The highest BCUT2D eigenvalue weighted by Gasteiger charge is 2.12. The maximum atomic E-state index is 12.3. The number of alkyl halides is 2. The lowest BCUT2D eigenvalue weighted by atomic mass is 10.3.